The topological polar surface area (TPSA) is 213 Å². The molecule has 0 saturated carbocycles. The van der Waals surface area contributed by atoms with Crippen LogP contribution in [0, 0.1) is 11.3 Å². The molecule has 16 nitrogen and oxygen atoms in total. The maximum Gasteiger partial charge on any atom is 0.303 e. The molecule has 0 radical (unpaired) electrons. The van der Waals surface area contributed by atoms with Crippen LogP contribution in [0.3, 0.4) is 0 Å². The zero-order valence-electron chi connectivity index (χ0n) is 27.2. The van der Waals surface area contributed by atoms with Gasteiger partial charge in [-0.25, -0.2) is 4.68 Å². The standard InChI is InChI=1S/C33H32BrN5O11/c1-16(40)44-15-27-29(46-17(2)41)30(47-18(3)42)31(48-19(4)43)33(50-27)39-13-22(37-38-39)14-45-23-9-10-24-26(11-23)49-32(36)25(12-35)28(24)20-5-7-21(34)8-6-20/h5-11,13,27-31,33H,14-15,36H2,1-4H3/t27-,28?,29-,30+,31-,33-/m1/s1. The fraction of sp³-hybridized carbons (Fsp3) is 0.364. The van der Waals surface area contributed by atoms with Gasteiger partial charge in [0.2, 0.25) is 5.88 Å². The van der Waals surface area contributed by atoms with Crippen molar-refractivity contribution in [2.75, 3.05) is 6.61 Å². The molecule has 0 amide bonds. The molecule has 1 fully saturated rings. The fourth-order valence-corrected chi connectivity index (χ4v) is 5.87. The van der Waals surface area contributed by atoms with E-state index in [1.54, 1.807) is 18.2 Å². The van der Waals surface area contributed by atoms with E-state index in [1.807, 2.05) is 24.3 Å². The Balaban J connectivity index is 1.39. The van der Waals surface area contributed by atoms with E-state index in [-0.39, 0.29) is 18.1 Å². The van der Waals surface area contributed by atoms with Gasteiger partial charge in [-0.05, 0) is 23.8 Å². The lowest BCUT2D eigenvalue weighted by Gasteiger charge is -2.44. The minimum atomic E-state index is -1.37. The summed E-state index contributed by atoms with van der Waals surface area (Å²) in [6.45, 7) is 4.11. The molecule has 1 unspecified atom stereocenters. The number of hydrogen-bond acceptors (Lipinski definition) is 15. The normalized spacial score (nSPS) is 22.6. The maximum atomic E-state index is 12.2. The minimum Gasteiger partial charge on any atom is -0.487 e. The minimum absolute atomic E-state index is 0.0159. The first-order valence-electron chi connectivity index (χ1n) is 15.2. The van der Waals surface area contributed by atoms with Crippen molar-refractivity contribution in [2.45, 2.75) is 70.9 Å². The summed E-state index contributed by atoms with van der Waals surface area (Å²) in [4.78, 5) is 48.0. The number of halogens is 1. The molecule has 1 saturated heterocycles. The highest BCUT2D eigenvalue weighted by molar-refractivity contribution is 9.10. The Morgan fingerprint density at radius 3 is 2.24 bits per heavy atom. The van der Waals surface area contributed by atoms with E-state index in [2.05, 4.69) is 32.3 Å². The molecule has 6 atom stereocenters. The van der Waals surface area contributed by atoms with Gasteiger partial charge in [-0.2, -0.15) is 5.26 Å². The molecule has 0 aliphatic carbocycles. The van der Waals surface area contributed by atoms with Crippen molar-refractivity contribution >= 4 is 39.8 Å². The number of rotatable bonds is 10. The van der Waals surface area contributed by atoms with Gasteiger partial charge in [-0.1, -0.05) is 39.3 Å². The average Bonchev–Trinajstić information content (AvgIpc) is 3.52. The van der Waals surface area contributed by atoms with E-state index in [4.69, 9.17) is 38.9 Å². The third kappa shape index (κ3) is 8.21. The number of aromatic nitrogens is 3. The first kappa shape index (κ1) is 35.8. The lowest BCUT2D eigenvalue weighted by atomic mass is 9.83. The highest BCUT2D eigenvalue weighted by Crippen LogP contribution is 2.43. The van der Waals surface area contributed by atoms with E-state index in [9.17, 15) is 24.4 Å². The van der Waals surface area contributed by atoms with Gasteiger partial charge in [0.15, 0.2) is 24.5 Å². The number of carbonyl (C=O) groups is 4. The zero-order chi connectivity index (χ0) is 36.1. The van der Waals surface area contributed by atoms with Crippen LogP contribution in [-0.4, -0.2) is 69.9 Å². The summed E-state index contributed by atoms with van der Waals surface area (Å²) in [5, 5.41) is 18.1. The van der Waals surface area contributed by atoms with Crippen molar-refractivity contribution in [1.29, 1.82) is 5.26 Å². The third-order valence-corrected chi connectivity index (χ3v) is 8.09. The Labute approximate surface area is 294 Å². The quantitative estimate of drug-likeness (QED) is 0.233. The summed E-state index contributed by atoms with van der Waals surface area (Å²) in [6.07, 6.45) is -5.02. The summed E-state index contributed by atoms with van der Waals surface area (Å²) >= 11 is 3.43. The Hall–Kier alpha value is -5.47. The van der Waals surface area contributed by atoms with E-state index in [1.165, 1.54) is 17.8 Å². The molecule has 5 rings (SSSR count). The highest BCUT2D eigenvalue weighted by Gasteiger charge is 2.53. The number of hydrogen-bond donors (Lipinski definition) is 1. The summed E-state index contributed by atoms with van der Waals surface area (Å²) in [7, 11) is 0. The van der Waals surface area contributed by atoms with Gasteiger partial charge in [-0.15, -0.1) is 5.10 Å². The van der Waals surface area contributed by atoms with Crippen molar-refractivity contribution in [3.8, 4) is 17.6 Å². The lowest BCUT2D eigenvalue weighted by molar-refractivity contribution is -0.270. The number of benzene rings is 2. The van der Waals surface area contributed by atoms with Crippen molar-refractivity contribution < 1.29 is 52.3 Å². The highest BCUT2D eigenvalue weighted by atomic mass is 79.9. The second-order valence-electron chi connectivity index (χ2n) is 11.2. The molecule has 0 bridgehead atoms. The molecule has 2 aliphatic heterocycles. The number of nitrogens with two attached hydrogens (primary N) is 1. The van der Waals surface area contributed by atoms with Gasteiger partial charge in [0.05, 0.1) is 12.1 Å². The van der Waals surface area contributed by atoms with Gasteiger partial charge in [0, 0.05) is 43.8 Å². The third-order valence-electron chi connectivity index (χ3n) is 7.57. The monoisotopic (exact) mass is 753 g/mol. The molecular formula is C33H32BrN5O11. The van der Waals surface area contributed by atoms with E-state index in [0.717, 1.165) is 36.4 Å². The fourth-order valence-electron chi connectivity index (χ4n) is 5.60. The maximum absolute atomic E-state index is 12.2. The number of ether oxygens (including phenoxy) is 7. The Kier molecular flexibility index (Phi) is 11.0. The summed E-state index contributed by atoms with van der Waals surface area (Å²) < 4.78 is 41.5. The van der Waals surface area contributed by atoms with E-state index >= 15 is 0 Å². The lowest BCUT2D eigenvalue weighted by Crippen LogP contribution is -2.60. The summed E-state index contributed by atoms with van der Waals surface area (Å²) in [5.74, 6) is -2.56. The summed E-state index contributed by atoms with van der Waals surface area (Å²) in [6, 6.07) is 14.9. The van der Waals surface area contributed by atoms with Gasteiger partial charge >= 0.3 is 23.9 Å². The molecule has 17 heteroatoms. The van der Waals surface area contributed by atoms with Gasteiger partial charge in [0.1, 0.15) is 48.2 Å². The van der Waals surface area contributed by atoms with Crippen LogP contribution in [0.1, 0.15) is 56.7 Å². The molecule has 1 aromatic heterocycles. The number of carbonyl (C=O) groups excluding carboxylic acids is 4. The van der Waals surface area contributed by atoms with Crippen molar-refractivity contribution in [1.82, 2.24) is 15.0 Å². The first-order valence-corrected chi connectivity index (χ1v) is 15.9. The zero-order valence-corrected chi connectivity index (χ0v) is 28.8. The van der Waals surface area contributed by atoms with Gasteiger partial charge < -0.3 is 38.9 Å². The van der Waals surface area contributed by atoms with Crippen LogP contribution >= 0.6 is 15.9 Å². The average molecular weight is 755 g/mol. The predicted octanol–water partition coefficient (Wildman–Crippen LogP) is 3.09. The van der Waals surface area contributed by atoms with E-state index in [0.29, 0.717) is 17.2 Å². The smallest absolute Gasteiger partial charge is 0.303 e. The first-order chi connectivity index (χ1) is 23.8. The Morgan fingerprint density at radius 1 is 0.940 bits per heavy atom. The predicted molar refractivity (Wildman–Crippen MR) is 171 cm³/mol. The second-order valence-corrected chi connectivity index (χ2v) is 12.2. The molecule has 0 spiro atoms. The van der Waals surface area contributed by atoms with E-state index < -0.39 is 67.0 Å². The van der Waals surface area contributed by atoms with Crippen LogP contribution in [0.15, 0.2) is 64.6 Å². The molecule has 3 aromatic rings. The van der Waals surface area contributed by atoms with Crippen molar-refractivity contribution in [3.05, 3.63) is 81.4 Å². The molecule has 50 heavy (non-hydrogen) atoms. The Morgan fingerprint density at radius 2 is 1.60 bits per heavy atom. The SMILES string of the molecule is CC(=O)OC[C@H]1O[C@@H](n2cc(COc3ccc4c(c3)OC(N)=C(C#N)C4c3ccc(Br)cc3)nn2)[C@H](OC(C)=O)[C@@H](OC(C)=O)[C@@H]1OC(C)=O. The number of nitrogens with zero attached hydrogens (tertiary/aromatic N) is 4. The molecule has 262 valence electrons. The van der Waals surface area contributed by atoms with Crippen LogP contribution in [0.5, 0.6) is 11.5 Å². The van der Waals surface area contributed by atoms with Crippen LogP contribution < -0.4 is 15.2 Å². The van der Waals surface area contributed by atoms with Crippen LogP contribution in [0.4, 0.5) is 0 Å². The number of nitriles is 1. The number of esters is 4. The van der Waals surface area contributed by atoms with Gasteiger partial charge in [-0.3, -0.25) is 19.2 Å². The largest absolute Gasteiger partial charge is 0.487 e. The van der Waals surface area contributed by atoms with Crippen LogP contribution in [-0.2, 0) is 49.5 Å². The van der Waals surface area contributed by atoms with Gasteiger partial charge in [0.25, 0.3) is 0 Å². The molecule has 3 heterocycles. The van der Waals surface area contributed by atoms with Crippen LogP contribution in [0.2, 0.25) is 0 Å². The number of allylic oxidation sites excluding steroid dienone is 1. The Bertz CT molecular complexity index is 1850. The second kappa shape index (κ2) is 15.4. The molecule has 2 aromatic carbocycles. The number of fused-ring (bicyclic) bond motifs is 1. The molecular weight excluding hydrogens is 722 g/mol. The van der Waals surface area contributed by atoms with Crippen molar-refractivity contribution in [3.63, 3.8) is 0 Å². The van der Waals surface area contributed by atoms with Crippen molar-refractivity contribution in [2.24, 2.45) is 5.73 Å². The molecule has 2 N–H and O–H groups in total. The van der Waals surface area contributed by atoms with Crippen LogP contribution in [0.25, 0.3) is 0 Å². The molecule has 2 aliphatic rings. The summed E-state index contributed by atoms with van der Waals surface area (Å²) in [5.41, 5.74) is 8.32.